The van der Waals surface area contributed by atoms with Gasteiger partial charge in [-0.1, -0.05) is 42.5 Å². The number of hydrogen-bond acceptors (Lipinski definition) is 4. The summed E-state index contributed by atoms with van der Waals surface area (Å²) >= 11 is 0. The largest absolute Gasteiger partial charge is 0.387 e. The van der Waals surface area contributed by atoms with Crippen LogP contribution in [0, 0.1) is 13.8 Å². The number of imidazole rings is 1. The number of carbonyl (C=O) groups is 1. The van der Waals surface area contributed by atoms with Crippen molar-refractivity contribution in [2.75, 3.05) is 7.05 Å². The lowest BCUT2D eigenvalue weighted by Crippen LogP contribution is -2.35. The molecule has 186 valence electrons. The Kier molecular flexibility index (Phi) is 6.90. The molecule has 1 fully saturated rings. The Bertz CT molecular complexity index is 1310. The van der Waals surface area contributed by atoms with Crippen LogP contribution in [0.25, 0.3) is 11.0 Å². The molecule has 5 rings (SSSR count). The molecule has 0 bridgehead atoms. The Hall–Kier alpha value is -3.48. The third-order valence-corrected chi connectivity index (χ3v) is 7.36. The first-order valence-corrected chi connectivity index (χ1v) is 12.7. The number of H-pyrrole nitrogens is 1. The fourth-order valence-electron chi connectivity index (χ4n) is 5.12. The van der Waals surface area contributed by atoms with Gasteiger partial charge in [-0.25, -0.2) is 4.98 Å². The number of carbonyl (C=O) groups excluding carboxylic acids is 1. The van der Waals surface area contributed by atoms with Crippen molar-refractivity contribution in [1.82, 2.24) is 20.2 Å². The van der Waals surface area contributed by atoms with Gasteiger partial charge in [0, 0.05) is 24.7 Å². The topological polar surface area (TPSA) is 81.2 Å². The van der Waals surface area contributed by atoms with E-state index in [9.17, 15) is 9.90 Å². The van der Waals surface area contributed by atoms with Gasteiger partial charge in [0.1, 0.15) is 5.82 Å². The van der Waals surface area contributed by atoms with E-state index < -0.39 is 6.10 Å². The SMILES string of the molecule is Cc1cc2nc(CN(C)C(=O)c3ccc(C[C@@H]4CC[C@H]([C@H](O)c5ccccc5)N4)cc3)[nH]c2cc1C. The van der Waals surface area contributed by atoms with Crippen molar-refractivity contribution in [3.05, 3.63) is 100 Å². The predicted molar refractivity (Wildman–Crippen MR) is 143 cm³/mol. The zero-order valence-corrected chi connectivity index (χ0v) is 21.2. The number of aromatic amines is 1. The Morgan fingerprint density at radius 3 is 2.53 bits per heavy atom. The Balaban J connectivity index is 1.17. The van der Waals surface area contributed by atoms with Crippen molar-refractivity contribution in [2.24, 2.45) is 0 Å². The molecule has 3 aromatic carbocycles. The number of benzene rings is 3. The van der Waals surface area contributed by atoms with E-state index in [-0.39, 0.29) is 11.9 Å². The first-order valence-electron chi connectivity index (χ1n) is 12.7. The molecule has 0 aliphatic carbocycles. The quantitative estimate of drug-likeness (QED) is 0.352. The van der Waals surface area contributed by atoms with E-state index in [1.807, 2.05) is 54.6 Å². The van der Waals surface area contributed by atoms with E-state index in [0.29, 0.717) is 18.2 Å². The van der Waals surface area contributed by atoms with Crippen molar-refractivity contribution >= 4 is 16.9 Å². The number of aliphatic hydroxyl groups excluding tert-OH is 1. The average Bonchev–Trinajstić information content (AvgIpc) is 3.50. The third-order valence-electron chi connectivity index (χ3n) is 7.36. The minimum Gasteiger partial charge on any atom is -0.387 e. The number of fused-ring (bicyclic) bond motifs is 1. The first-order chi connectivity index (χ1) is 17.4. The smallest absolute Gasteiger partial charge is 0.253 e. The van der Waals surface area contributed by atoms with Crippen molar-refractivity contribution in [2.45, 2.75) is 57.8 Å². The molecule has 0 spiro atoms. The van der Waals surface area contributed by atoms with E-state index >= 15 is 0 Å². The minimum atomic E-state index is -0.494. The van der Waals surface area contributed by atoms with Crippen molar-refractivity contribution in [3.63, 3.8) is 0 Å². The van der Waals surface area contributed by atoms with E-state index in [4.69, 9.17) is 0 Å². The summed E-state index contributed by atoms with van der Waals surface area (Å²) in [6.07, 6.45) is 2.35. The summed E-state index contributed by atoms with van der Waals surface area (Å²) in [7, 11) is 1.81. The van der Waals surface area contributed by atoms with E-state index in [0.717, 1.165) is 41.7 Å². The molecule has 0 radical (unpaired) electrons. The highest BCUT2D eigenvalue weighted by atomic mass is 16.3. The molecule has 4 aromatic rings. The fraction of sp³-hybridized carbons (Fsp3) is 0.333. The van der Waals surface area contributed by atoms with E-state index in [1.165, 1.54) is 16.7 Å². The van der Waals surface area contributed by atoms with Gasteiger partial charge < -0.3 is 20.3 Å². The van der Waals surface area contributed by atoms with Crippen LogP contribution in [0.15, 0.2) is 66.7 Å². The number of amides is 1. The van der Waals surface area contributed by atoms with Crippen LogP contribution >= 0.6 is 0 Å². The molecule has 2 heterocycles. The number of hydrogen-bond donors (Lipinski definition) is 3. The van der Waals surface area contributed by atoms with Crippen LogP contribution in [0.3, 0.4) is 0 Å². The van der Waals surface area contributed by atoms with Crippen molar-refractivity contribution in [1.29, 1.82) is 0 Å². The van der Waals surface area contributed by atoms with Gasteiger partial charge >= 0.3 is 0 Å². The van der Waals surface area contributed by atoms with Gasteiger partial charge in [-0.05, 0) is 79.6 Å². The first kappa shape index (κ1) is 24.2. The summed E-state index contributed by atoms with van der Waals surface area (Å²) in [6.45, 7) is 4.59. The molecule has 1 aliphatic heterocycles. The average molecular weight is 483 g/mol. The summed E-state index contributed by atoms with van der Waals surface area (Å²) in [6, 6.07) is 22.3. The number of aryl methyl sites for hydroxylation is 2. The summed E-state index contributed by atoms with van der Waals surface area (Å²) in [5.74, 6) is 0.751. The molecule has 1 aromatic heterocycles. The Labute approximate surface area is 212 Å². The number of aliphatic hydroxyl groups is 1. The zero-order valence-electron chi connectivity index (χ0n) is 21.2. The molecule has 0 unspecified atom stereocenters. The summed E-state index contributed by atoms with van der Waals surface area (Å²) < 4.78 is 0. The number of nitrogens with one attached hydrogen (secondary N) is 2. The third kappa shape index (κ3) is 5.20. The second-order valence-electron chi connectivity index (χ2n) is 10.1. The van der Waals surface area contributed by atoms with Crippen LogP contribution in [0.1, 0.15) is 57.4 Å². The van der Waals surface area contributed by atoms with Gasteiger partial charge in [0.2, 0.25) is 0 Å². The van der Waals surface area contributed by atoms with E-state index in [1.54, 1.807) is 11.9 Å². The van der Waals surface area contributed by atoms with Gasteiger partial charge in [0.15, 0.2) is 0 Å². The van der Waals surface area contributed by atoms with Crippen LogP contribution in [-0.2, 0) is 13.0 Å². The maximum Gasteiger partial charge on any atom is 0.253 e. The second-order valence-corrected chi connectivity index (χ2v) is 10.1. The second kappa shape index (κ2) is 10.2. The highest BCUT2D eigenvalue weighted by Crippen LogP contribution is 2.27. The normalized spacial score (nSPS) is 18.4. The lowest BCUT2D eigenvalue weighted by molar-refractivity contribution is 0.0782. The Morgan fingerprint density at radius 1 is 1.06 bits per heavy atom. The van der Waals surface area contributed by atoms with Gasteiger partial charge in [0.05, 0.1) is 23.7 Å². The zero-order chi connectivity index (χ0) is 25.2. The molecule has 1 amide bonds. The summed E-state index contributed by atoms with van der Waals surface area (Å²) in [5.41, 5.74) is 7.16. The highest BCUT2D eigenvalue weighted by molar-refractivity contribution is 5.94. The maximum atomic E-state index is 13.0. The monoisotopic (exact) mass is 482 g/mol. The van der Waals surface area contributed by atoms with Gasteiger partial charge in [-0.2, -0.15) is 0 Å². The molecular weight excluding hydrogens is 448 g/mol. The van der Waals surface area contributed by atoms with E-state index in [2.05, 4.69) is 41.3 Å². The molecule has 3 atom stereocenters. The van der Waals surface area contributed by atoms with Gasteiger partial charge in [0.25, 0.3) is 5.91 Å². The Morgan fingerprint density at radius 2 is 1.78 bits per heavy atom. The summed E-state index contributed by atoms with van der Waals surface area (Å²) in [4.78, 5) is 22.7. The molecule has 1 saturated heterocycles. The van der Waals surface area contributed by atoms with Crippen molar-refractivity contribution in [3.8, 4) is 0 Å². The minimum absolute atomic E-state index is 0.0283. The van der Waals surface area contributed by atoms with Crippen LogP contribution < -0.4 is 5.32 Å². The van der Waals surface area contributed by atoms with Gasteiger partial charge in [-0.3, -0.25) is 4.79 Å². The molecule has 6 nitrogen and oxygen atoms in total. The molecule has 0 saturated carbocycles. The maximum absolute atomic E-state index is 13.0. The van der Waals surface area contributed by atoms with Crippen LogP contribution in [0.2, 0.25) is 0 Å². The van der Waals surface area contributed by atoms with Gasteiger partial charge in [-0.15, -0.1) is 0 Å². The summed E-state index contributed by atoms with van der Waals surface area (Å²) in [5, 5.41) is 14.3. The molecule has 3 N–H and O–H groups in total. The molecule has 1 aliphatic rings. The fourth-order valence-corrected chi connectivity index (χ4v) is 5.12. The lowest BCUT2D eigenvalue weighted by atomic mass is 10.0. The predicted octanol–water partition coefficient (Wildman–Crippen LogP) is 4.85. The molecule has 36 heavy (non-hydrogen) atoms. The van der Waals surface area contributed by atoms with Crippen LogP contribution in [0.5, 0.6) is 0 Å². The number of nitrogens with zero attached hydrogens (tertiary/aromatic N) is 2. The number of aromatic nitrogens is 2. The van der Waals surface area contributed by atoms with Crippen molar-refractivity contribution < 1.29 is 9.90 Å². The van der Waals surface area contributed by atoms with Crippen LogP contribution in [-0.4, -0.2) is 45.0 Å². The molecular formula is C30H34N4O2. The molecule has 6 heteroatoms. The standard InChI is InChI=1S/C30H34N4O2/c1-19-15-26-27(16-20(19)2)33-28(32-26)18-34(3)30(36)23-11-9-21(10-12-23)17-24-13-14-25(31-24)29(35)22-7-5-4-6-8-22/h4-12,15-16,24-25,29,31,35H,13-14,17-18H2,1-3H3,(H,32,33)/t24-,25+,29+/m0/s1. The lowest BCUT2D eigenvalue weighted by Gasteiger charge is -2.20. The van der Waals surface area contributed by atoms with Crippen LogP contribution in [0.4, 0.5) is 0 Å². The number of rotatable bonds is 7. The highest BCUT2D eigenvalue weighted by Gasteiger charge is 2.29.